The van der Waals surface area contributed by atoms with Gasteiger partial charge in [-0.1, -0.05) is 29.3 Å². The fourth-order valence-corrected chi connectivity index (χ4v) is 4.52. The Balaban J connectivity index is 1.45. The Bertz CT molecular complexity index is 968. The Hall–Kier alpha value is -2.93. The second kappa shape index (κ2) is 9.06. The molecule has 2 aliphatic heterocycles. The van der Waals surface area contributed by atoms with Crippen molar-refractivity contribution in [1.29, 1.82) is 0 Å². The van der Waals surface area contributed by atoms with Gasteiger partial charge in [-0.05, 0) is 50.5 Å². The minimum Gasteiger partial charge on any atom is -0.378 e. The van der Waals surface area contributed by atoms with Gasteiger partial charge in [-0.2, -0.15) is 0 Å². The van der Waals surface area contributed by atoms with E-state index in [0.717, 1.165) is 29.5 Å². The van der Waals surface area contributed by atoms with Crippen LogP contribution in [-0.2, 0) is 14.3 Å². The molecule has 2 heterocycles. The third-order valence-electron chi connectivity index (χ3n) is 5.89. The molecule has 0 radical (unpaired) electrons. The lowest BCUT2D eigenvalue weighted by Gasteiger charge is -2.29. The monoisotopic (exact) mass is 425 g/mol. The summed E-state index contributed by atoms with van der Waals surface area (Å²) in [6.45, 7) is 6.95. The molecule has 164 valence electrons. The molecule has 0 spiro atoms. The van der Waals surface area contributed by atoms with Crippen LogP contribution in [0.2, 0.25) is 0 Å². The number of nitrogens with one attached hydrogen (secondary N) is 1. The standard InChI is InChI=1S/C24H28FN3O3/c1-16-12-17(2)14-18(13-16)21-4-3-7-28(21)24(30)23(29)26-19-5-6-22(20(25)15-19)27-8-10-31-11-9-27/h5-6,12-15,21H,3-4,7-11H2,1-2H3,(H,26,29). The second-order valence-corrected chi connectivity index (χ2v) is 8.30. The van der Waals surface area contributed by atoms with Crippen molar-refractivity contribution < 1.29 is 18.7 Å². The van der Waals surface area contributed by atoms with Crippen LogP contribution in [0.25, 0.3) is 0 Å². The van der Waals surface area contributed by atoms with Gasteiger partial charge in [-0.25, -0.2) is 4.39 Å². The highest BCUT2D eigenvalue weighted by Gasteiger charge is 2.33. The molecule has 2 fully saturated rings. The summed E-state index contributed by atoms with van der Waals surface area (Å²) in [6, 6.07) is 10.6. The first-order valence-electron chi connectivity index (χ1n) is 10.7. The van der Waals surface area contributed by atoms with Gasteiger partial charge in [0.05, 0.1) is 24.9 Å². The summed E-state index contributed by atoms with van der Waals surface area (Å²) in [5.41, 5.74) is 4.07. The van der Waals surface area contributed by atoms with Crippen molar-refractivity contribution in [3.05, 3.63) is 58.9 Å². The number of likely N-dealkylation sites (tertiary alicyclic amines) is 1. The Morgan fingerprint density at radius 3 is 2.42 bits per heavy atom. The topological polar surface area (TPSA) is 61.9 Å². The number of morpholine rings is 1. The van der Waals surface area contributed by atoms with Crippen LogP contribution in [0.5, 0.6) is 0 Å². The fraction of sp³-hybridized carbons (Fsp3) is 0.417. The average molecular weight is 426 g/mol. The van der Waals surface area contributed by atoms with Crippen molar-refractivity contribution in [2.24, 2.45) is 0 Å². The molecule has 2 aliphatic rings. The average Bonchev–Trinajstić information content (AvgIpc) is 3.23. The van der Waals surface area contributed by atoms with Crippen molar-refractivity contribution in [3.8, 4) is 0 Å². The van der Waals surface area contributed by atoms with Gasteiger partial charge < -0.3 is 19.9 Å². The van der Waals surface area contributed by atoms with E-state index in [1.54, 1.807) is 17.0 Å². The van der Waals surface area contributed by atoms with Crippen molar-refractivity contribution >= 4 is 23.2 Å². The normalized spacial score (nSPS) is 18.9. The smallest absolute Gasteiger partial charge is 0.313 e. The van der Waals surface area contributed by atoms with Crippen LogP contribution in [0.1, 0.15) is 35.6 Å². The fourth-order valence-electron chi connectivity index (χ4n) is 4.52. The van der Waals surface area contributed by atoms with E-state index in [9.17, 15) is 14.0 Å². The number of hydrogen-bond acceptors (Lipinski definition) is 4. The number of amides is 2. The summed E-state index contributed by atoms with van der Waals surface area (Å²) in [5, 5.41) is 2.57. The van der Waals surface area contributed by atoms with Crippen molar-refractivity contribution in [1.82, 2.24) is 4.90 Å². The zero-order valence-electron chi connectivity index (χ0n) is 18.0. The molecule has 2 saturated heterocycles. The quantitative estimate of drug-likeness (QED) is 0.764. The molecule has 1 unspecified atom stereocenters. The van der Waals surface area contributed by atoms with Crippen LogP contribution in [0, 0.1) is 19.7 Å². The minimum atomic E-state index is -0.741. The van der Waals surface area contributed by atoms with E-state index in [-0.39, 0.29) is 11.7 Å². The van der Waals surface area contributed by atoms with Crippen molar-refractivity contribution in [2.75, 3.05) is 43.1 Å². The van der Waals surface area contributed by atoms with E-state index in [0.29, 0.717) is 38.5 Å². The molecular formula is C24H28FN3O3. The Morgan fingerprint density at radius 2 is 1.74 bits per heavy atom. The van der Waals surface area contributed by atoms with Crippen LogP contribution in [0.3, 0.4) is 0 Å². The number of rotatable bonds is 3. The largest absolute Gasteiger partial charge is 0.378 e. The summed E-state index contributed by atoms with van der Waals surface area (Å²) in [4.78, 5) is 29.1. The number of aryl methyl sites for hydroxylation is 2. The molecule has 2 aromatic rings. The van der Waals surface area contributed by atoms with E-state index >= 15 is 0 Å². The summed E-state index contributed by atoms with van der Waals surface area (Å²) < 4.78 is 19.9. The summed E-state index contributed by atoms with van der Waals surface area (Å²) >= 11 is 0. The molecule has 31 heavy (non-hydrogen) atoms. The first kappa shape index (κ1) is 21.3. The number of carbonyl (C=O) groups excluding carboxylic acids is 2. The molecule has 0 saturated carbocycles. The molecular weight excluding hydrogens is 397 g/mol. The maximum absolute atomic E-state index is 14.6. The molecule has 2 aromatic carbocycles. The van der Waals surface area contributed by atoms with Gasteiger partial charge in [0.2, 0.25) is 0 Å². The molecule has 7 heteroatoms. The SMILES string of the molecule is Cc1cc(C)cc(C2CCCN2C(=O)C(=O)Nc2ccc(N3CCOCC3)c(F)c2)c1. The van der Waals surface area contributed by atoms with Gasteiger partial charge in [-0.3, -0.25) is 9.59 Å². The Kier molecular flexibility index (Phi) is 6.23. The highest BCUT2D eigenvalue weighted by molar-refractivity contribution is 6.39. The summed E-state index contributed by atoms with van der Waals surface area (Å²) in [7, 11) is 0. The van der Waals surface area contributed by atoms with Gasteiger partial charge >= 0.3 is 11.8 Å². The number of halogens is 1. The van der Waals surface area contributed by atoms with Crippen molar-refractivity contribution in [2.45, 2.75) is 32.7 Å². The predicted molar refractivity (Wildman–Crippen MR) is 118 cm³/mol. The van der Waals surface area contributed by atoms with Gasteiger partial charge in [-0.15, -0.1) is 0 Å². The maximum atomic E-state index is 14.6. The number of benzene rings is 2. The summed E-state index contributed by atoms with van der Waals surface area (Å²) in [6.07, 6.45) is 1.67. The highest BCUT2D eigenvalue weighted by Crippen LogP contribution is 2.33. The predicted octanol–water partition coefficient (Wildman–Crippen LogP) is 3.58. The van der Waals surface area contributed by atoms with E-state index in [4.69, 9.17) is 4.74 Å². The molecule has 2 amide bonds. The highest BCUT2D eigenvalue weighted by atomic mass is 19.1. The first-order valence-corrected chi connectivity index (χ1v) is 10.7. The lowest BCUT2D eigenvalue weighted by Crippen LogP contribution is -2.39. The zero-order chi connectivity index (χ0) is 22.0. The third-order valence-corrected chi connectivity index (χ3v) is 5.89. The maximum Gasteiger partial charge on any atom is 0.313 e. The van der Waals surface area contributed by atoms with Crippen LogP contribution in [0.15, 0.2) is 36.4 Å². The molecule has 1 N–H and O–H groups in total. The van der Waals surface area contributed by atoms with Gasteiger partial charge in [0.15, 0.2) is 0 Å². The van der Waals surface area contributed by atoms with Crippen LogP contribution in [-0.4, -0.2) is 49.6 Å². The molecule has 4 rings (SSSR count). The minimum absolute atomic E-state index is 0.114. The Morgan fingerprint density at radius 1 is 1.03 bits per heavy atom. The van der Waals surface area contributed by atoms with E-state index in [1.807, 2.05) is 18.7 Å². The molecule has 6 nitrogen and oxygen atoms in total. The van der Waals surface area contributed by atoms with E-state index < -0.39 is 17.6 Å². The van der Waals surface area contributed by atoms with Crippen molar-refractivity contribution in [3.63, 3.8) is 0 Å². The Labute approximate surface area is 182 Å². The van der Waals surface area contributed by atoms with E-state index in [1.165, 1.54) is 6.07 Å². The third kappa shape index (κ3) is 4.71. The van der Waals surface area contributed by atoms with Crippen LogP contribution < -0.4 is 10.2 Å². The lowest BCUT2D eigenvalue weighted by atomic mass is 9.99. The number of hydrogen-bond donors (Lipinski definition) is 1. The second-order valence-electron chi connectivity index (χ2n) is 8.30. The zero-order valence-corrected chi connectivity index (χ0v) is 18.0. The molecule has 1 atom stereocenters. The van der Waals surface area contributed by atoms with Crippen LogP contribution >= 0.6 is 0 Å². The summed E-state index contributed by atoms with van der Waals surface area (Å²) in [5.74, 6) is -1.75. The number of ether oxygens (including phenoxy) is 1. The number of anilines is 2. The molecule has 0 aromatic heterocycles. The van der Waals surface area contributed by atoms with Gasteiger partial charge in [0, 0.05) is 25.3 Å². The number of carbonyl (C=O) groups is 2. The van der Waals surface area contributed by atoms with E-state index in [2.05, 4.69) is 23.5 Å². The van der Waals surface area contributed by atoms with Gasteiger partial charge in [0.25, 0.3) is 0 Å². The lowest BCUT2D eigenvalue weighted by molar-refractivity contribution is -0.143. The van der Waals surface area contributed by atoms with Gasteiger partial charge in [0.1, 0.15) is 5.82 Å². The molecule has 0 bridgehead atoms. The first-order chi connectivity index (χ1) is 14.9. The molecule has 0 aliphatic carbocycles. The number of nitrogens with zero attached hydrogens (tertiary/aromatic N) is 2. The van der Waals surface area contributed by atoms with Crippen LogP contribution in [0.4, 0.5) is 15.8 Å².